The molecule has 0 bridgehead atoms. The Morgan fingerprint density at radius 3 is 1.57 bits per heavy atom. The molecule has 84 valence electrons. The molecule has 0 spiro atoms. The van der Waals surface area contributed by atoms with E-state index in [9.17, 15) is 4.79 Å². The van der Waals surface area contributed by atoms with Crippen LogP contribution in [0.15, 0.2) is 0 Å². The van der Waals surface area contributed by atoms with Crippen molar-refractivity contribution in [2.75, 3.05) is 0 Å². The van der Waals surface area contributed by atoms with Crippen molar-refractivity contribution in [2.24, 2.45) is 11.8 Å². The van der Waals surface area contributed by atoms with E-state index in [-0.39, 0.29) is 11.8 Å². The van der Waals surface area contributed by atoms with Crippen LogP contribution in [0, 0.1) is 11.8 Å². The minimum Gasteiger partial charge on any atom is -0.299 e. The molecule has 0 aromatic carbocycles. The maximum atomic E-state index is 11.9. The van der Waals surface area contributed by atoms with Crippen LogP contribution < -0.4 is 0 Å². The third-order valence-electron chi connectivity index (χ3n) is 2.95. The van der Waals surface area contributed by atoms with E-state index >= 15 is 0 Å². The molecule has 0 N–H and O–H groups in total. The van der Waals surface area contributed by atoms with Crippen molar-refractivity contribution >= 4 is 5.78 Å². The van der Waals surface area contributed by atoms with Crippen molar-refractivity contribution < 1.29 is 4.79 Å². The van der Waals surface area contributed by atoms with Crippen LogP contribution in [-0.4, -0.2) is 5.78 Å². The Hall–Kier alpha value is -0.330. The molecule has 0 aliphatic rings. The van der Waals surface area contributed by atoms with Gasteiger partial charge >= 0.3 is 0 Å². The summed E-state index contributed by atoms with van der Waals surface area (Å²) < 4.78 is 0. The lowest BCUT2D eigenvalue weighted by Crippen LogP contribution is -2.19. The highest BCUT2D eigenvalue weighted by Crippen LogP contribution is 2.17. The Morgan fingerprint density at radius 1 is 0.929 bits per heavy atom. The average Bonchev–Trinajstić information content (AvgIpc) is 2.21. The third-order valence-corrected chi connectivity index (χ3v) is 2.95. The Bertz CT molecular complexity index is 135. The van der Waals surface area contributed by atoms with E-state index in [1.165, 1.54) is 25.7 Å². The summed E-state index contributed by atoms with van der Waals surface area (Å²) in [6.45, 7) is 8.52. The highest BCUT2D eigenvalue weighted by atomic mass is 16.1. The fourth-order valence-electron chi connectivity index (χ4n) is 1.79. The first-order chi connectivity index (χ1) is 6.63. The fourth-order valence-corrected chi connectivity index (χ4v) is 1.79. The lowest BCUT2D eigenvalue weighted by molar-refractivity contribution is -0.126. The number of carbonyl (C=O) groups is 1. The van der Waals surface area contributed by atoms with Gasteiger partial charge in [-0.15, -0.1) is 0 Å². The van der Waals surface area contributed by atoms with E-state index in [0.29, 0.717) is 5.78 Å². The molecule has 0 aliphatic carbocycles. The maximum Gasteiger partial charge on any atom is 0.138 e. The Morgan fingerprint density at radius 2 is 1.29 bits per heavy atom. The number of unbranched alkanes of at least 4 members (excludes halogenated alkanes) is 2. The van der Waals surface area contributed by atoms with Crippen LogP contribution in [0.3, 0.4) is 0 Å². The summed E-state index contributed by atoms with van der Waals surface area (Å²) in [5.41, 5.74) is 0. The fraction of sp³-hybridized carbons (Fsp3) is 0.923. The molecule has 0 aliphatic heterocycles. The molecular formula is C13H26O. The highest BCUT2D eigenvalue weighted by molar-refractivity contribution is 5.82. The van der Waals surface area contributed by atoms with Crippen molar-refractivity contribution in [1.82, 2.24) is 0 Å². The molecule has 0 heterocycles. The van der Waals surface area contributed by atoms with E-state index in [2.05, 4.69) is 27.7 Å². The summed E-state index contributed by atoms with van der Waals surface area (Å²) in [7, 11) is 0. The molecule has 2 unspecified atom stereocenters. The van der Waals surface area contributed by atoms with Crippen LogP contribution in [0.5, 0.6) is 0 Å². The Balaban J connectivity index is 3.78. The summed E-state index contributed by atoms with van der Waals surface area (Å²) >= 11 is 0. The first kappa shape index (κ1) is 13.7. The van der Waals surface area contributed by atoms with Gasteiger partial charge in [-0.25, -0.2) is 0 Å². The molecule has 14 heavy (non-hydrogen) atoms. The topological polar surface area (TPSA) is 17.1 Å². The van der Waals surface area contributed by atoms with E-state index < -0.39 is 0 Å². The lowest BCUT2D eigenvalue weighted by Gasteiger charge is -2.15. The minimum absolute atomic E-state index is 0.279. The number of rotatable bonds is 8. The van der Waals surface area contributed by atoms with Gasteiger partial charge in [0.25, 0.3) is 0 Å². The predicted octanol–water partition coefficient (Wildman–Crippen LogP) is 4.21. The number of hydrogen-bond donors (Lipinski definition) is 0. The molecule has 0 rings (SSSR count). The highest BCUT2D eigenvalue weighted by Gasteiger charge is 2.18. The minimum atomic E-state index is 0.279. The van der Waals surface area contributed by atoms with E-state index in [0.717, 1.165) is 12.8 Å². The maximum absolute atomic E-state index is 11.9. The zero-order chi connectivity index (χ0) is 11.0. The summed E-state index contributed by atoms with van der Waals surface area (Å²) in [6.07, 6.45) is 6.92. The van der Waals surface area contributed by atoms with Crippen LogP contribution in [0.4, 0.5) is 0 Å². The Kier molecular flexibility index (Phi) is 7.83. The van der Waals surface area contributed by atoms with E-state index in [1.807, 2.05) is 0 Å². The normalized spacial score (nSPS) is 15.1. The first-order valence-electron chi connectivity index (χ1n) is 6.17. The SMILES string of the molecule is CCCCC(C)C(=O)C(C)CCCC. The lowest BCUT2D eigenvalue weighted by atomic mass is 9.88. The van der Waals surface area contributed by atoms with Gasteiger partial charge in [0.15, 0.2) is 0 Å². The van der Waals surface area contributed by atoms with E-state index in [4.69, 9.17) is 0 Å². The number of hydrogen-bond acceptors (Lipinski definition) is 1. The number of carbonyl (C=O) groups excluding carboxylic acids is 1. The van der Waals surface area contributed by atoms with Crippen molar-refractivity contribution in [3.05, 3.63) is 0 Å². The van der Waals surface area contributed by atoms with Gasteiger partial charge in [-0.1, -0.05) is 53.4 Å². The molecule has 0 amide bonds. The predicted molar refractivity (Wildman–Crippen MR) is 62.4 cm³/mol. The second-order valence-electron chi connectivity index (χ2n) is 4.49. The molecule has 0 aromatic heterocycles. The van der Waals surface area contributed by atoms with Gasteiger partial charge in [0.2, 0.25) is 0 Å². The molecule has 1 heteroatoms. The quantitative estimate of drug-likeness (QED) is 0.571. The van der Waals surface area contributed by atoms with Gasteiger partial charge in [0.1, 0.15) is 5.78 Å². The van der Waals surface area contributed by atoms with Gasteiger partial charge in [-0.3, -0.25) is 4.79 Å². The number of ketones is 1. The second-order valence-corrected chi connectivity index (χ2v) is 4.49. The van der Waals surface area contributed by atoms with Crippen LogP contribution >= 0.6 is 0 Å². The van der Waals surface area contributed by atoms with E-state index in [1.54, 1.807) is 0 Å². The first-order valence-corrected chi connectivity index (χ1v) is 6.17. The largest absolute Gasteiger partial charge is 0.299 e. The molecule has 0 saturated carbocycles. The zero-order valence-corrected chi connectivity index (χ0v) is 10.3. The summed E-state index contributed by atoms with van der Waals surface area (Å²) in [6, 6.07) is 0. The van der Waals surface area contributed by atoms with Gasteiger partial charge in [0.05, 0.1) is 0 Å². The van der Waals surface area contributed by atoms with Gasteiger partial charge < -0.3 is 0 Å². The zero-order valence-electron chi connectivity index (χ0n) is 10.3. The van der Waals surface area contributed by atoms with Crippen LogP contribution in [0.1, 0.15) is 66.2 Å². The van der Waals surface area contributed by atoms with Gasteiger partial charge in [0, 0.05) is 11.8 Å². The van der Waals surface area contributed by atoms with Crippen molar-refractivity contribution in [3.63, 3.8) is 0 Å². The monoisotopic (exact) mass is 198 g/mol. The molecule has 0 fully saturated rings. The smallest absolute Gasteiger partial charge is 0.138 e. The van der Waals surface area contributed by atoms with Gasteiger partial charge in [-0.2, -0.15) is 0 Å². The molecule has 1 nitrogen and oxygen atoms in total. The van der Waals surface area contributed by atoms with Crippen LogP contribution in [0.25, 0.3) is 0 Å². The van der Waals surface area contributed by atoms with Crippen molar-refractivity contribution in [1.29, 1.82) is 0 Å². The molecule has 0 saturated heterocycles. The summed E-state index contributed by atoms with van der Waals surface area (Å²) in [4.78, 5) is 11.9. The number of Topliss-reactive ketones (excluding diaryl/α,β-unsaturated/α-hetero) is 1. The molecule has 0 radical (unpaired) electrons. The Labute approximate surface area is 89.3 Å². The molecule has 0 aromatic rings. The second kappa shape index (κ2) is 8.02. The van der Waals surface area contributed by atoms with Crippen LogP contribution in [-0.2, 0) is 4.79 Å². The average molecular weight is 198 g/mol. The summed E-state index contributed by atoms with van der Waals surface area (Å²) in [5.74, 6) is 1.04. The standard InChI is InChI=1S/C13H26O/c1-5-7-9-11(3)13(14)12(4)10-8-6-2/h11-12H,5-10H2,1-4H3. The molecule has 2 atom stereocenters. The summed E-state index contributed by atoms with van der Waals surface area (Å²) in [5, 5.41) is 0. The molecular weight excluding hydrogens is 172 g/mol. The third kappa shape index (κ3) is 5.41. The van der Waals surface area contributed by atoms with Crippen molar-refractivity contribution in [2.45, 2.75) is 66.2 Å². The van der Waals surface area contributed by atoms with Crippen molar-refractivity contribution in [3.8, 4) is 0 Å². The van der Waals surface area contributed by atoms with Crippen LogP contribution in [0.2, 0.25) is 0 Å². The van der Waals surface area contributed by atoms with Gasteiger partial charge in [-0.05, 0) is 12.8 Å².